The minimum absolute atomic E-state index is 0.0400. The molecule has 1 aliphatic heterocycles. The van der Waals surface area contributed by atoms with Gasteiger partial charge in [0.25, 0.3) is 0 Å². The Kier molecular flexibility index (Phi) is 7.86. The number of likely N-dealkylation sites (tertiary alicyclic amines) is 1. The molecule has 1 amide bonds. The molecule has 0 aromatic heterocycles. The van der Waals surface area contributed by atoms with Crippen molar-refractivity contribution in [2.45, 2.75) is 40.0 Å². The summed E-state index contributed by atoms with van der Waals surface area (Å²) in [6.07, 6.45) is 3.16. The zero-order chi connectivity index (χ0) is 23.4. The summed E-state index contributed by atoms with van der Waals surface area (Å²) in [6.45, 7) is 1.50. The second-order valence-corrected chi connectivity index (χ2v) is 12.3. The summed E-state index contributed by atoms with van der Waals surface area (Å²) in [6, 6.07) is 13.4. The van der Waals surface area contributed by atoms with Crippen LogP contribution in [0, 0.1) is 0 Å². The largest absolute Gasteiger partial charge is 0.381 e. The van der Waals surface area contributed by atoms with Crippen molar-refractivity contribution in [1.29, 1.82) is 0 Å². The van der Waals surface area contributed by atoms with Gasteiger partial charge in [0.1, 0.15) is 4.90 Å². The summed E-state index contributed by atoms with van der Waals surface area (Å²) in [7, 11) is -8.06. The van der Waals surface area contributed by atoms with E-state index in [0.29, 0.717) is 11.4 Å². The fourth-order valence-electron chi connectivity index (χ4n) is 3.53. The molecule has 3 rings (SSSR count). The van der Waals surface area contributed by atoms with Gasteiger partial charge in [0, 0.05) is 48.1 Å². The molecule has 174 valence electrons. The summed E-state index contributed by atoms with van der Waals surface area (Å²) in [5.41, 5.74) is 0.408. The highest BCUT2D eigenvalue weighted by Crippen LogP contribution is 2.26. The van der Waals surface area contributed by atoms with Crippen LogP contribution in [0.4, 0.5) is 5.69 Å². The lowest BCUT2D eigenvalue weighted by molar-refractivity contribution is -0.130. The van der Waals surface area contributed by atoms with E-state index in [-0.39, 0.29) is 23.3 Å². The van der Waals surface area contributed by atoms with E-state index in [0.717, 1.165) is 37.1 Å². The number of benzene rings is 2. The third-order valence-corrected chi connectivity index (χ3v) is 8.50. The van der Waals surface area contributed by atoms with Crippen molar-refractivity contribution in [3.63, 3.8) is 0 Å². The number of thioether (sulfide) groups is 1. The highest BCUT2D eigenvalue weighted by Gasteiger charge is 2.24. The molecular weight excluding hydrogens is 470 g/mol. The molecule has 8 nitrogen and oxygen atoms in total. The van der Waals surface area contributed by atoms with Gasteiger partial charge in [0.15, 0.2) is 9.84 Å². The average molecular weight is 498 g/mol. The maximum absolute atomic E-state index is 12.8. The molecule has 2 aromatic carbocycles. The van der Waals surface area contributed by atoms with Crippen LogP contribution in [0.15, 0.2) is 63.2 Å². The standard InChI is InChI=1S/C21H27N3O5S3/c1-31(26,27)20-13-16(9-10-19(20)32(22,28)29)23-17(14-21(25)24-11-5-6-12-24)15-30-18-7-3-2-4-8-18/h2-4,7-10,13,17,23H,5-6,11-12,14-15H2,1H3,(H2,22,28,29)/t17-/m1/s1. The van der Waals surface area contributed by atoms with Crippen molar-refractivity contribution >= 4 is 43.2 Å². The highest BCUT2D eigenvalue weighted by atomic mass is 32.2. The minimum atomic E-state index is -4.21. The monoisotopic (exact) mass is 497 g/mol. The van der Waals surface area contributed by atoms with E-state index in [4.69, 9.17) is 5.14 Å². The molecule has 0 saturated carbocycles. The van der Waals surface area contributed by atoms with Crippen molar-refractivity contribution < 1.29 is 21.6 Å². The molecule has 1 saturated heterocycles. The van der Waals surface area contributed by atoms with E-state index < -0.39 is 24.8 Å². The van der Waals surface area contributed by atoms with E-state index in [1.165, 1.54) is 18.2 Å². The molecule has 1 heterocycles. The Morgan fingerprint density at radius 1 is 1.06 bits per heavy atom. The zero-order valence-electron chi connectivity index (χ0n) is 17.7. The number of nitrogens with one attached hydrogen (secondary N) is 1. The summed E-state index contributed by atoms with van der Waals surface area (Å²) >= 11 is 1.58. The number of sulfonamides is 1. The van der Waals surface area contributed by atoms with Gasteiger partial charge in [-0.05, 0) is 43.2 Å². The maximum atomic E-state index is 12.8. The molecule has 0 radical (unpaired) electrons. The van der Waals surface area contributed by atoms with Crippen LogP contribution >= 0.6 is 11.8 Å². The van der Waals surface area contributed by atoms with E-state index >= 15 is 0 Å². The van der Waals surface area contributed by atoms with Crippen LogP contribution in [0.3, 0.4) is 0 Å². The van der Waals surface area contributed by atoms with Crippen LogP contribution < -0.4 is 10.5 Å². The van der Waals surface area contributed by atoms with Gasteiger partial charge in [-0.25, -0.2) is 22.0 Å². The number of carbonyl (C=O) groups excluding carboxylic acids is 1. The van der Waals surface area contributed by atoms with Gasteiger partial charge in [0.2, 0.25) is 15.9 Å². The predicted molar refractivity (Wildman–Crippen MR) is 126 cm³/mol. The van der Waals surface area contributed by atoms with Crippen LogP contribution in [0.1, 0.15) is 19.3 Å². The number of sulfone groups is 1. The molecule has 2 aromatic rings. The Morgan fingerprint density at radius 3 is 2.31 bits per heavy atom. The van der Waals surface area contributed by atoms with Gasteiger partial charge in [-0.2, -0.15) is 0 Å². The van der Waals surface area contributed by atoms with Gasteiger partial charge < -0.3 is 10.2 Å². The van der Waals surface area contributed by atoms with Gasteiger partial charge in [0.05, 0.1) is 4.90 Å². The average Bonchev–Trinajstić information content (AvgIpc) is 3.26. The van der Waals surface area contributed by atoms with Crippen molar-refractivity contribution in [2.24, 2.45) is 5.14 Å². The Hall–Kier alpha value is -2.08. The van der Waals surface area contributed by atoms with Crippen LogP contribution in [-0.2, 0) is 24.7 Å². The topological polar surface area (TPSA) is 127 Å². The van der Waals surface area contributed by atoms with Crippen LogP contribution in [-0.4, -0.2) is 58.8 Å². The van der Waals surface area contributed by atoms with Crippen LogP contribution in [0.5, 0.6) is 0 Å². The normalized spacial score (nSPS) is 15.5. The molecule has 0 unspecified atom stereocenters. The van der Waals surface area contributed by atoms with Gasteiger partial charge >= 0.3 is 0 Å². The molecule has 0 spiro atoms. The number of amides is 1. The van der Waals surface area contributed by atoms with Crippen LogP contribution in [0.25, 0.3) is 0 Å². The Balaban J connectivity index is 1.84. The number of carbonyl (C=O) groups is 1. The lowest BCUT2D eigenvalue weighted by Gasteiger charge is -2.23. The van der Waals surface area contributed by atoms with Crippen molar-refractivity contribution in [1.82, 2.24) is 4.90 Å². The van der Waals surface area contributed by atoms with Crippen molar-refractivity contribution in [3.05, 3.63) is 48.5 Å². The van der Waals surface area contributed by atoms with Gasteiger partial charge in [-0.1, -0.05) is 18.2 Å². The second kappa shape index (κ2) is 10.2. The number of primary sulfonamides is 1. The van der Waals surface area contributed by atoms with Crippen molar-refractivity contribution in [3.8, 4) is 0 Å². The first-order chi connectivity index (χ1) is 15.0. The first-order valence-corrected chi connectivity index (χ1v) is 14.6. The molecule has 3 N–H and O–H groups in total. The first kappa shape index (κ1) is 24.6. The molecule has 11 heteroatoms. The molecule has 0 bridgehead atoms. The molecule has 32 heavy (non-hydrogen) atoms. The quantitative estimate of drug-likeness (QED) is 0.509. The first-order valence-electron chi connectivity index (χ1n) is 10.1. The Labute approximate surface area is 193 Å². The third kappa shape index (κ3) is 6.71. The number of anilines is 1. The molecule has 1 atom stereocenters. The number of hydrogen-bond donors (Lipinski definition) is 2. The van der Waals surface area contributed by atoms with Gasteiger partial charge in [-0.15, -0.1) is 11.8 Å². The Bertz CT molecular complexity index is 1160. The highest BCUT2D eigenvalue weighted by molar-refractivity contribution is 7.99. The zero-order valence-corrected chi connectivity index (χ0v) is 20.2. The number of nitrogens with two attached hydrogens (primary N) is 1. The number of rotatable bonds is 9. The molecular formula is C21H27N3O5S3. The maximum Gasteiger partial charge on any atom is 0.239 e. The van der Waals surface area contributed by atoms with Crippen LogP contribution in [0.2, 0.25) is 0 Å². The van der Waals surface area contributed by atoms with E-state index in [2.05, 4.69) is 5.32 Å². The van der Waals surface area contributed by atoms with E-state index in [1.54, 1.807) is 11.8 Å². The second-order valence-electron chi connectivity index (χ2n) is 7.74. The smallest absolute Gasteiger partial charge is 0.239 e. The SMILES string of the molecule is CS(=O)(=O)c1cc(N[C@@H](CSc2ccccc2)CC(=O)N2CCCC2)ccc1S(N)(=O)=O. The lowest BCUT2D eigenvalue weighted by atomic mass is 10.2. The molecule has 1 aliphatic rings. The molecule has 0 aliphatic carbocycles. The summed E-state index contributed by atoms with van der Waals surface area (Å²) in [5, 5.41) is 8.41. The number of hydrogen-bond acceptors (Lipinski definition) is 7. The number of nitrogens with zero attached hydrogens (tertiary/aromatic N) is 1. The summed E-state index contributed by atoms with van der Waals surface area (Å²) in [4.78, 5) is 14.8. The predicted octanol–water partition coefficient (Wildman–Crippen LogP) is 2.32. The van der Waals surface area contributed by atoms with Crippen molar-refractivity contribution in [2.75, 3.05) is 30.4 Å². The lowest BCUT2D eigenvalue weighted by Crippen LogP contribution is -2.34. The molecule has 1 fully saturated rings. The minimum Gasteiger partial charge on any atom is -0.381 e. The summed E-state index contributed by atoms with van der Waals surface area (Å²) in [5.74, 6) is 0.604. The third-order valence-electron chi connectivity index (χ3n) is 5.09. The summed E-state index contributed by atoms with van der Waals surface area (Å²) < 4.78 is 48.0. The fourth-order valence-corrected chi connectivity index (χ4v) is 6.65. The fraction of sp³-hybridized carbons (Fsp3) is 0.381. The van der Waals surface area contributed by atoms with E-state index in [1.807, 2.05) is 35.2 Å². The van der Waals surface area contributed by atoms with E-state index in [9.17, 15) is 21.6 Å². The Morgan fingerprint density at radius 2 is 1.72 bits per heavy atom. The van der Waals surface area contributed by atoms with Gasteiger partial charge in [-0.3, -0.25) is 4.79 Å².